The monoisotopic (exact) mass is 612 g/mol. The summed E-state index contributed by atoms with van der Waals surface area (Å²) < 4.78 is 26.6. The van der Waals surface area contributed by atoms with Gasteiger partial charge in [0.15, 0.2) is 0 Å². The van der Waals surface area contributed by atoms with Gasteiger partial charge in [0.25, 0.3) is 5.69 Å². The molecular formula is C27H34Cl2N4O6S. The molecule has 0 aromatic heterocycles. The van der Waals surface area contributed by atoms with Crippen molar-refractivity contribution >= 4 is 56.4 Å². The second kappa shape index (κ2) is 13.6. The van der Waals surface area contributed by atoms with Gasteiger partial charge in [-0.2, -0.15) is 0 Å². The number of nitrogens with zero attached hydrogens (tertiary/aromatic N) is 3. The second-order valence-corrected chi connectivity index (χ2v) is 12.8. The molecule has 1 atom stereocenters. The minimum absolute atomic E-state index is 0.00593. The van der Waals surface area contributed by atoms with Gasteiger partial charge in [-0.3, -0.25) is 24.0 Å². The topological polar surface area (TPSA) is 130 Å². The van der Waals surface area contributed by atoms with Gasteiger partial charge in [0.1, 0.15) is 12.6 Å². The fraction of sp³-hybridized carbons (Fsp3) is 0.481. The molecule has 2 amide bonds. The highest BCUT2D eigenvalue weighted by atomic mass is 35.5. The Labute approximate surface area is 244 Å². The summed E-state index contributed by atoms with van der Waals surface area (Å²) in [5.74, 6) is -0.988. The van der Waals surface area contributed by atoms with E-state index in [-0.39, 0.29) is 36.3 Å². The molecule has 13 heteroatoms. The molecule has 1 aliphatic carbocycles. The molecule has 0 spiro atoms. The van der Waals surface area contributed by atoms with Gasteiger partial charge in [-0.25, -0.2) is 8.42 Å². The SMILES string of the molecule is CC[C@@H](C(=O)NC1CCCCC1)N(Cc1ccc(Cl)cc1Cl)C(=O)CN(c1cc([N+](=O)[O-])ccc1C)S(C)(=O)=O. The number of carbonyl (C=O) groups is 2. The first-order chi connectivity index (χ1) is 18.8. The van der Waals surface area contributed by atoms with E-state index in [0.717, 1.165) is 48.7 Å². The number of sulfonamides is 1. The summed E-state index contributed by atoms with van der Waals surface area (Å²) in [6, 6.07) is 7.70. The van der Waals surface area contributed by atoms with Crippen molar-refractivity contribution in [2.24, 2.45) is 0 Å². The Hall–Kier alpha value is -2.89. The Balaban J connectivity index is 2.00. The Bertz CT molecular complexity index is 1360. The number of nitro benzene ring substituents is 1. The molecule has 1 aliphatic rings. The number of non-ortho nitro benzene ring substituents is 1. The number of benzene rings is 2. The van der Waals surface area contributed by atoms with Crippen molar-refractivity contribution in [1.29, 1.82) is 0 Å². The third kappa shape index (κ3) is 8.08. The first-order valence-corrected chi connectivity index (χ1v) is 15.7. The molecule has 0 bridgehead atoms. The molecule has 2 aromatic rings. The van der Waals surface area contributed by atoms with Gasteiger partial charge in [0.05, 0.1) is 16.9 Å². The zero-order valence-corrected chi connectivity index (χ0v) is 25.1. The van der Waals surface area contributed by atoms with Crippen molar-refractivity contribution < 1.29 is 22.9 Å². The van der Waals surface area contributed by atoms with Crippen LogP contribution in [0.3, 0.4) is 0 Å². The first-order valence-electron chi connectivity index (χ1n) is 13.1. The summed E-state index contributed by atoms with van der Waals surface area (Å²) in [4.78, 5) is 39.5. The number of carbonyl (C=O) groups excluding carboxylic acids is 2. The molecule has 10 nitrogen and oxygen atoms in total. The maximum absolute atomic E-state index is 13.9. The van der Waals surface area contributed by atoms with Crippen LogP contribution in [0.25, 0.3) is 0 Å². The number of amides is 2. The van der Waals surface area contributed by atoms with Crippen molar-refractivity contribution in [1.82, 2.24) is 10.2 Å². The lowest BCUT2D eigenvalue weighted by molar-refractivity contribution is -0.384. The zero-order valence-electron chi connectivity index (χ0n) is 22.7. The quantitative estimate of drug-likeness (QED) is 0.273. The van der Waals surface area contributed by atoms with Crippen LogP contribution in [-0.2, 0) is 26.2 Å². The molecule has 0 radical (unpaired) electrons. The molecule has 0 aliphatic heterocycles. The first kappa shape index (κ1) is 31.6. The predicted molar refractivity (Wildman–Crippen MR) is 156 cm³/mol. The molecule has 1 N–H and O–H groups in total. The van der Waals surface area contributed by atoms with Crippen LogP contribution in [0, 0.1) is 17.0 Å². The van der Waals surface area contributed by atoms with E-state index in [9.17, 15) is 28.1 Å². The van der Waals surface area contributed by atoms with Crippen LogP contribution < -0.4 is 9.62 Å². The highest BCUT2D eigenvalue weighted by molar-refractivity contribution is 7.92. The summed E-state index contributed by atoms with van der Waals surface area (Å²) in [5, 5.41) is 15.1. The van der Waals surface area contributed by atoms with E-state index >= 15 is 0 Å². The average Bonchev–Trinajstić information content (AvgIpc) is 2.88. The Kier molecular flexibility index (Phi) is 10.8. The minimum atomic E-state index is -4.05. The molecule has 1 saturated carbocycles. The van der Waals surface area contributed by atoms with E-state index in [0.29, 0.717) is 21.2 Å². The van der Waals surface area contributed by atoms with Crippen molar-refractivity contribution in [3.05, 3.63) is 67.7 Å². The summed E-state index contributed by atoms with van der Waals surface area (Å²) >= 11 is 12.5. The molecule has 1 fully saturated rings. The highest BCUT2D eigenvalue weighted by Gasteiger charge is 2.34. The maximum atomic E-state index is 13.9. The van der Waals surface area contributed by atoms with Crippen LogP contribution in [0.4, 0.5) is 11.4 Å². The van der Waals surface area contributed by atoms with Crippen LogP contribution in [0.15, 0.2) is 36.4 Å². The summed E-state index contributed by atoms with van der Waals surface area (Å²) in [6.07, 6.45) is 6.03. The third-order valence-corrected chi connectivity index (χ3v) is 8.76. The number of rotatable bonds is 11. The predicted octanol–water partition coefficient (Wildman–Crippen LogP) is 5.23. The van der Waals surface area contributed by atoms with E-state index in [1.807, 2.05) is 0 Å². The van der Waals surface area contributed by atoms with Gasteiger partial charge in [-0.1, -0.05) is 61.5 Å². The Morgan fingerprint density at radius 2 is 1.80 bits per heavy atom. The summed E-state index contributed by atoms with van der Waals surface area (Å²) in [6.45, 7) is 2.63. The zero-order chi connectivity index (χ0) is 29.6. The molecule has 218 valence electrons. The maximum Gasteiger partial charge on any atom is 0.271 e. The lowest BCUT2D eigenvalue weighted by atomic mass is 9.95. The molecule has 40 heavy (non-hydrogen) atoms. The number of nitro groups is 1. The number of hydrogen-bond donors (Lipinski definition) is 1. The molecule has 3 rings (SSSR count). The van der Waals surface area contributed by atoms with Crippen LogP contribution >= 0.6 is 23.2 Å². The van der Waals surface area contributed by atoms with E-state index in [4.69, 9.17) is 23.2 Å². The minimum Gasteiger partial charge on any atom is -0.352 e. The standard InChI is InChI=1S/C27H34Cl2N4O6S/c1-4-24(27(35)30-21-8-6-5-7-9-21)31(16-19-11-12-20(28)14-23(19)29)26(34)17-32(40(3,38)39)25-15-22(33(36)37)13-10-18(25)2/h10-15,21,24H,4-9,16-17H2,1-3H3,(H,30,35)/t24-/m0/s1. The molecule has 0 heterocycles. The number of nitrogens with one attached hydrogen (secondary N) is 1. The van der Waals surface area contributed by atoms with Crippen molar-refractivity contribution in [2.75, 3.05) is 17.1 Å². The van der Waals surface area contributed by atoms with Gasteiger partial charge in [0, 0.05) is 34.8 Å². The third-order valence-electron chi connectivity index (χ3n) is 7.04. The van der Waals surface area contributed by atoms with E-state index in [1.54, 1.807) is 26.0 Å². The lowest BCUT2D eigenvalue weighted by Crippen LogP contribution is -2.54. The van der Waals surface area contributed by atoms with Crippen molar-refractivity contribution in [3.63, 3.8) is 0 Å². The molecule has 0 unspecified atom stereocenters. The van der Waals surface area contributed by atoms with Crippen LogP contribution in [0.1, 0.15) is 56.6 Å². The Morgan fingerprint density at radius 3 is 2.38 bits per heavy atom. The fourth-order valence-corrected chi connectivity index (χ4v) is 6.24. The van der Waals surface area contributed by atoms with Crippen LogP contribution in [-0.4, -0.2) is 54.9 Å². The fourth-order valence-electron chi connectivity index (χ4n) is 4.87. The number of aryl methyl sites for hydroxylation is 1. The van der Waals surface area contributed by atoms with Crippen molar-refractivity contribution in [3.8, 4) is 0 Å². The summed E-state index contributed by atoms with van der Waals surface area (Å²) in [7, 11) is -4.05. The van der Waals surface area contributed by atoms with Crippen LogP contribution in [0.2, 0.25) is 10.0 Å². The smallest absolute Gasteiger partial charge is 0.271 e. The van der Waals surface area contributed by atoms with E-state index < -0.39 is 33.4 Å². The van der Waals surface area contributed by atoms with Gasteiger partial charge in [-0.05, 0) is 49.4 Å². The molecular weight excluding hydrogens is 579 g/mol. The van der Waals surface area contributed by atoms with Gasteiger partial charge >= 0.3 is 0 Å². The Morgan fingerprint density at radius 1 is 1.12 bits per heavy atom. The van der Waals surface area contributed by atoms with Crippen LogP contribution in [0.5, 0.6) is 0 Å². The van der Waals surface area contributed by atoms with E-state index in [2.05, 4.69) is 5.32 Å². The van der Waals surface area contributed by atoms with Gasteiger partial charge in [-0.15, -0.1) is 0 Å². The van der Waals surface area contributed by atoms with Gasteiger partial charge in [0.2, 0.25) is 21.8 Å². The van der Waals surface area contributed by atoms with E-state index in [1.165, 1.54) is 23.1 Å². The second-order valence-electron chi connectivity index (χ2n) is 10.0. The van der Waals surface area contributed by atoms with Gasteiger partial charge < -0.3 is 10.2 Å². The lowest BCUT2D eigenvalue weighted by Gasteiger charge is -2.34. The normalized spacial score (nSPS) is 14.8. The number of hydrogen-bond acceptors (Lipinski definition) is 6. The summed E-state index contributed by atoms with van der Waals surface area (Å²) in [5.41, 5.74) is 0.651. The molecule has 2 aromatic carbocycles. The highest BCUT2D eigenvalue weighted by Crippen LogP contribution is 2.29. The average molecular weight is 614 g/mol. The number of halogens is 2. The van der Waals surface area contributed by atoms with Crippen molar-refractivity contribution in [2.45, 2.75) is 71.0 Å². The largest absolute Gasteiger partial charge is 0.352 e. The molecule has 0 saturated heterocycles. The number of anilines is 1.